The second-order valence-corrected chi connectivity index (χ2v) is 8.12. The van der Waals surface area contributed by atoms with Crippen LogP contribution < -0.4 is 4.72 Å². The van der Waals surface area contributed by atoms with Crippen molar-refractivity contribution >= 4 is 21.6 Å². The van der Waals surface area contributed by atoms with Crippen molar-refractivity contribution in [1.29, 1.82) is 0 Å². The number of hydrogen-bond acceptors (Lipinski definition) is 5. The molecule has 1 aliphatic rings. The van der Waals surface area contributed by atoms with Gasteiger partial charge < -0.3 is 4.74 Å². The van der Waals surface area contributed by atoms with Gasteiger partial charge in [0, 0.05) is 43.9 Å². The Balaban J connectivity index is 1.78. The number of ether oxygens (including phenoxy) is 1. The van der Waals surface area contributed by atoms with Gasteiger partial charge in [-0.2, -0.15) is 5.10 Å². The van der Waals surface area contributed by atoms with Gasteiger partial charge in [0.05, 0.1) is 19.4 Å². The summed E-state index contributed by atoms with van der Waals surface area (Å²) in [4.78, 5) is 2.38. The molecule has 1 saturated heterocycles. The van der Waals surface area contributed by atoms with Crippen molar-refractivity contribution in [3.8, 4) is 0 Å². The standard InChI is InChI=1S/C16H21ClN4O3S/c1-20-12-15(10-18-20)25(22,23)19-11-16(21-6-8-24-9-7-21)13-2-4-14(17)5-3-13/h2-5,10,12,16,19H,6-9,11H2,1H3/t16-/m0/s1. The Labute approximate surface area is 152 Å². The first kappa shape index (κ1) is 18.3. The van der Waals surface area contributed by atoms with E-state index >= 15 is 0 Å². The van der Waals surface area contributed by atoms with Crippen molar-refractivity contribution in [1.82, 2.24) is 19.4 Å². The van der Waals surface area contributed by atoms with E-state index in [-0.39, 0.29) is 17.5 Å². The molecule has 1 aromatic heterocycles. The van der Waals surface area contributed by atoms with Gasteiger partial charge in [-0.25, -0.2) is 13.1 Å². The Hall–Kier alpha value is -1.45. The molecule has 0 saturated carbocycles. The molecule has 0 aliphatic carbocycles. The van der Waals surface area contributed by atoms with E-state index < -0.39 is 10.0 Å². The summed E-state index contributed by atoms with van der Waals surface area (Å²) in [6.45, 7) is 3.04. The molecule has 2 heterocycles. The van der Waals surface area contributed by atoms with Crippen LogP contribution in [0.25, 0.3) is 0 Å². The lowest BCUT2D eigenvalue weighted by atomic mass is 10.1. The van der Waals surface area contributed by atoms with Crippen LogP contribution in [0.1, 0.15) is 11.6 Å². The SMILES string of the molecule is Cn1cc(S(=O)(=O)NC[C@@H](c2ccc(Cl)cc2)N2CCOCC2)cn1. The van der Waals surface area contributed by atoms with Crippen LogP contribution >= 0.6 is 11.6 Å². The van der Waals surface area contributed by atoms with Gasteiger partial charge in [0.2, 0.25) is 10.0 Å². The van der Waals surface area contributed by atoms with Crippen molar-refractivity contribution in [2.24, 2.45) is 7.05 Å². The number of aryl methyl sites for hydroxylation is 1. The zero-order chi connectivity index (χ0) is 17.9. The minimum Gasteiger partial charge on any atom is -0.379 e. The van der Waals surface area contributed by atoms with Gasteiger partial charge in [0.15, 0.2) is 0 Å². The molecule has 0 amide bonds. The maximum Gasteiger partial charge on any atom is 0.243 e. The Morgan fingerprint density at radius 1 is 1.28 bits per heavy atom. The molecule has 1 aromatic carbocycles. The van der Waals surface area contributed by atoms with Crippen LogP contribution in [-0.4, -0.2) is 55.9 Å². The third-order valence-electron chi connectivity index (χ3n) is 4.20. The molecule has 0 spiro atoms. The molecule has 136 valence electrons. The zero-order valence-corrected chi connectivity index (χ0v) is 15.5. The van der Waals surface area contributed by atoms with Gasteiger partial charge >= 0.3 is 0 Å². The van der Waals surface area contributed by atoms with E-state index in [1.807, 2.05) is 24.3 Å². The average molecular weight is 385 g/mol. The van der Waals surface area contributed by atoms with Gasteiger partial charge in [-0.15, -0.1) is 0 Å². The normalized spacial score (nSPS) is 17.5. The van der Waals surface area contributed by atoms with Gasteiger partial charge in [-0.05, 0) is 17.7 Å². The molecule has 1 aliphatic heterocycles. The molecule has 9 heteroatoms. The van der Waals surface area contributed by atoms with Crippen LogP contribution in [0.4, 0.5) is 0 Å². The van der Waals surface area contributed by atoms with Gasteiger partial charge in [0.25, 0.3) is 0 Å². The highest BCUT2D eigenvalue weighted by atomic mass is 35.5. The predicted molar refractivity (Wildman–Crippen MR) is 95.0 cm³/mol. The first-order chi connectivity index (χ1) is 12.0. The maximum atomic E-state index is 12.5. The number of nitrogens with one attached hydrogen (secondary N) is 1. The number of rotatable bonds is 6. The van der Waals surface area contributed by atoms with Crippen molar-refractivity contribution in [2.45, 2.75) is 10.9 Å². The molecule has 0 radical (unpaired) electrons. The van der Waals surface area contributed by atoms with Crippen LogP contribution in [0.5, 0.6) is 0 Å². The van der Waals surface area contributed by atoms with Gasteiger partial charge in [0.1, 0.15) is 4.90 Å². The smallest absolute Gasteiger partial charge is 0.243 e. The molecule has 3 rings (SSSR count). The molecule has 7 nitrogen and oxygen atoms in total. The van der Waals surface area contributed by atoms with E-state index in [9.17, 15) is 8.42 Å². The van der Waals surface area contributed by atoms with E-state index in [0.29, 0.717) is 18.2 Å². The van der Waals surface area contributed by atoms with Crippen LogP contribution in [0.2, 0.25) is 5.02 Å². The lowest BCUT2D eigenvalue weighted by Gasteiger charge is -2.34. The average Bonchev–Trinajstić information content (AvgIpc) is 3.05. The molecule has 1 fully saturated rings. The van der Waals surface area contributed by atoms with Crippen molar-refractivity contribution in [3.05, 3.63) is 47.2 Å². The number of hydrogen-bond donors (Lipinski definition) is 1. The van der Waals surface area contributed by atoms with Crippen LogP contribution in [-0.2, 0) is 21.8 Å². The molecule has 1 atom stereocenters. The van der Waals surface area contributed by atoms with Crippen molar-refractivity contribution in [3.63, 3.8) is 0 Å². The first-order valence-corrected chi connectivity index (χ1v) is 9.87. The highest BCUT2D eigenvalue weighted by Crippen LogP contribution is 2.23. The topological polar surface area (TPSA) is 76.5 Å². The summed E-state index contributed by atoms with van der Waals surface area (Å²) < 4.78 is 34.6. The zero-order valence-electron chi connectivity index (χ0n) is 13.9. The van der Waals surface area contributed by atoms with E-state index in [0.717, 1.165) is 18.7 Å². The summed E-state index contributed by atoms with van der Waals surface area (Å²) in [7, 11) is -1.92. The Bertz CT molecular complexity index is 801. The molecule has 1 N–H and O–H groups in total. The molecular weight excluding hydrogens is 364 g/mol. The van der Waals surface area contributed by atoms with Crippen LogP contribution in [0.3, 0.4) is 0 Å². The summed E-state index contributed by atoms with van der Waals surface area (Å²) in [6, 6.07) is 7.41. The van der Waals surface area contributed by atoms with Gasteiger partial charge in [-0.3, -0.25) is 9.58 Å². The summed E-state index contributed by atoms with van der Waals surface area (Å²) in [5.41, 5.74) is 1.01. The number of aromatic nitrogens is 2. The quantitative estimate of drug-likeness (QED) is 0.815. The fourth-order valence-corrected chi connectivity index (χ4v) is 3.99. The molecular formula is C16H21ClN4O3S. The number of morpholine rings is 1. The predicted octanol–water partition coefficient (Wildman–Crippen LogP) is 1.43. The fraction of sp³-hybridized carbons (Fsp3) is 0.438. The second-order valence-electron chi connectivity index (χ2n) is 5.92. The van der Waals surface area contributed by atoms with Crippen LogP contribution in [0.15, 0.2) is 41.6 Å². The number of sulfonamides is 1. The van der Waals surface area contributed by atoms with E-state index in [4.69, 9.17) is 16.3 Å². The molecule has 25 heavy (non-hydrogen) atoms. The highest BCUT2D eigenvalue weighted by molar-refractivity contribution is 7.89. The Morgan fingerprint density at radius 2 is 1.96 bits per heavy atom. The molecule has 0 unspecified atom stereocenters. The summed E-state index contributed by atoms with van der Waals surface area (Å²) >= 11 is 5.98. The van der Waals surface area contributed by atoms with Crippen molar-refractivity contribution in [2.75, 3.05) is 32.8 Å². The second kappa shape index (κ2) is 7.84. The monoisotopic (exact) mass is 384 g/mol. The third-order valence-corrected chi connectivity index (χ3v) is 5.83. The van der Waals surface area contributed by atoms with Crippen LogP contribution in [0, 0.1) is 0 Å². The number of halogens is 1. The lowest BCUT2D eigenvalue weighted by molar-refractivity contribution is 0.0172. The largest absolute Gasteiger partial charge is 0.379 e. The number of nitrogens with zero attached hydrogens (tertiary/aromatic N) is 3. The first-order valence-electron chi connectivity index (χ1n) is 8.01. The van der Waals surface area contributed by atoms with E-state index in [2.05, 4.69) is 14.7 Å². The third kappa shape index (κ3) is 4.59. The minimum atomic E-state index is -3.61. The summed E-state index contributed by atoms with van der Waals surface area (Å²) in [5.74, 6) is 0. The maximum absolute atomic E-state index is 12.5. The Morgan fingerprint density at radius 3 is 2.56 bits per heavy atom. The molecule has 0 bridgehead atoms. The minimum absolute atomic E-state index is 0.0902. The summed E-state index contributed by atoms with van der Waals surface area (Å²) in [6.07, 6.45) is 2.82. The lowest BCUT2D eigenvalue weighted by Crippen LogP contribution is -2.43. The fourth-order valence-electron chi connectivity index (χ4n) is 2.84. The molecule has 2 aromatic rings. The van der Waals surface area contributed by atoms with E-state index in [1.54, 1.807) is 7.05 Å². The van der Waals surface area contributed by atoms with Crippen molar-refractivity contribution < 1.29 is 13.2 Å². The highest BCUT2D eigenvalue weighted by Gasteiger charge is 2.25. The Kier molecular flexibility index (Phi) is 5.75. The van der Waals surface area contributed by atoms with Gasteiger partial charge in [-0.1, -0.05) is 23.7 Å². The van der Waals surface area contributed by atoms with E-state index in [1.165, 1.54) is 17.1 Å². The summed E-state index contributed by atoms with van der Waals surface area (Å²) in [5, 5.41) is 4.58. The number of benzene rings is 1.